The monoisotopic (exact) mass is 331 g/mol. The van der Waals surface area contributed by atoms with E-state index in [1.165, 1.54) is 0 Å². The molecular formula is C19H17N5O. The first-order chi connectivity index (χ1) is 12.3. The first-order valence-electron chi connectivity index (χ1n) is 8.01. The lowest BCUT2D eigenvalue weighted by molar-refractivity contribution is 0.297. The number of anilines is 1. The quantitative estimate of drug-likeness (QED) is 0.586. The lowest BCUT2D eigenvalue weighted by atomic mass is 10.1. The van der Waals surface area contributed by atoms with Crippen LogP contribution < -0.4 is 10.5 Å². The van der Waals surface area contributed by atoms with Gasteiger partial charge in [-0.25, -0.2) is 4.98 Å². The molecule has 0 aliphatic heterocycles. The van der Waals surface area contributed by atoms with Crippen LogP contribution in [0, 0.1) is 0 Å². The molecular weight excluding hydrogens is 314 g/mol. The Morgan fingerprint density at radius 1 is 0.840 bits per heavy atom. The average Bonchev–Trinajstić information content (AvgIpc) is 3.03. The van der Waals surface area contributed by atoms with Crippen molar-refractivity contribution in [1.29, 1.82) is 0 Å². The SMILES string of the molecule is Nc1nc(OCc2ccccc2)c2[nH]c(Cc3ccccc3)nc2n1. The molecule has 0 unspecified atom stereocenters. The number of ether oxygens (including phenoxy) is 1. The van der Waals surface area contributed by atoms with Gasteiger partial charge in [0, 0.05) is 6.42 Å². The van der Waals surface area contributed by atoms with Crippen molar-refractivity contribution in [3.8, 4) is 5.88 Å². The maximum atomic E-state index is 5.85. The third-order valence-corrected chi connectivity index (χ3v) is 3.82. The van der Waals surface area contributed by atoms with Gasteiger partial charge in [0.2, 0.25) is 11.8 Å². The van der Waals surface area contributed by atoms with Crippen molar-refractivity contribution < 1.29 is 4.74 Å². The second kappa shape index (κ2) is 6.60. The van der Waals surface area contributed by atoms with E-state index < -0.39 is 0 Å². The van der Waals surface area contributed by atoms with Crippen LogP contribution in [0.3, 0.4) is 0 Å². The number of rotatable bonds is 5. The van der Waals surface area contributed by atoms with Crippen LogP contribution in [0.15, 0.2) is 60.7 Å². The molecule has 3 N–H and O–H groups in total. The summed E-state index contributed by atoms with van der Waals surface area (Å²) in [6, 6.07) is 20.0. The molecule has 0 aliphatic rings. The van der Waals surface area contributed by atoms with Gasteiger partial charge in [-0.3, -0.25) is 0 Å². The van der Waals surface area contributed by atoms with E-state index in [0.717, 1.165) is 17.0 Å². The van der Waals surface area contributed by atoms with Gasteiger partial charge < -0.3 is 15.5 Å². The van der Waals surface area contributed by atoms with Gasteiger partial charge >= 0.3 is 0 Å². The lowest BCUT2D eigenvalue weighted by Crippen LogP contribution is -2.02. The van der Waals surface area contributed by atoms with Crippen LogP contribution in [-0.2, 0) is 13.0 Å². The summed E-state index contributed by atoms with van der Waals surface area (Å²) < 4.78 is 5.85. The Kier molecular flexibility index (Phi) is 4.00. The van der Waals surface area contributed by atoms with E-state index in [4.69, 9.17) is 10.5 Å². The predicted molar refractivity (Wildman–Crippen MR) is 96.1 cm³/mol. The second-order valence-electron chi connectivity index (χ2n) is 5.71. The van der Waals surface area contributed by atoms with Crippen molar-refractivity contribution in [3.05, 3.63) is 77.6 Å². The highest BCUT2D eigenvalue weighted by molar-refractivity contribution is 5.77. The highest BCUT2D eigenvalue weighted by Crippen LogP contribution is 2.23. The number of nitrogens with zero attached hydrogens (tertiary/aromatic N) is 3. The smallest absolute Gasteiger partial charge is 0.245 e. The zero-order valence-corrected chi connectivity index (χ0v) is 13.5. The molecule has 2 heterocycles. The zero-order valence-electron chi connectivity index (χ0n) is 13.5. The van der Waals surface area contributed by atoms with Crippen molar-refractivity contribution in [2.75, 3.05) is 5.73 Å². The van der Waals surface area contributed by atoms with Gasteiger partial charge in [0.1, 0.15) is 17.9 Å². The van der Waals surface area contributed by atoms with Crippen molar-refractivity contribution in [2.24, 2.45) is 0 Å². The van der Waals surface area contributed by atoms with Crippen LogP contribution in [0.25, 0.3) is 11.2 Å². The van der Waals surface area contributed by atoms with Gasteiger partial charge in [-0.1, -0.05) is 60.7 Å². The maximum Gasteiger partial charge on any atom is 0.245 e. The summed E-state index contributed by atoms with van der Waals surface area (Å²) in [5.41, 5.74) is 9.19. The zero-order chi connectivity index (χ0) is 17.1. The Hall–Kier alpha value is -3.41. The van der Waals surface area contributed by atoms with Crippen LogP contribution in [0.2, 0.25) is 0 Å². The third-order valence-electron chi connectivity index (χ3n) is 3.82. The summed E-state index contributed by atoms with van der Waals surface area (Å²) in [5, 5.41) is 0. The summed E-state index contributed by atoms with van der Waals surface area (Å²) in [6.07, 6.45) is 0.676. The highest BCUT2D eigenvalue weighted by atomic mass is 16.5. The van der Waals surface area contributed by atoms with Gasteiger partial charge in [-0.05, 0) is 11.1 Å². The second-order valence-corrected chi connectivity index (χ2v) is 5.71. The minimum atomic E-state index is 0.147. The number of H-pyrrole nitrogens is 1. The molecule has 0 radical (unpaired) electrons. The van der Waals surface area contributed by atoms with E-state index in [1.54, 1.807) is 0 Å². The van der Waals surface area contributed by atoms with Crippen LogP contribution in [-0.4, -0.2) is 19.9 Å². The Balaban J connectivity index is 1.62. The van der Waals surface area contributed by atoms with Crippen molar-refractivity contribution in [1.82, 2.24) is 19.9 Å². The molecule has 0 spiro atoms. The Labute approximate surface area is 144 Å². The molecule has 0 saturated carbocycles. The lowest BCUT2D eigenvalue weighted by Gasteiger charge is -2.06. The fraction of sp³-hybridized carbons (Fsp3) is 0.105. The molecule has 0 atom stereocenters. The van der Waals surface area contributed by atoms with Crippen molar-refractivity contribution in [2.45, 2.75) is 13.0 Å². The normalized spacial score (nSPS) is 10.9. The van der Waals surface area contributed by atoms with Gasteiger partial charge in [-0.2, -0.15) is 9.97 Å². The summed E-state index contributed by atoms with van der Waals surface area (Å²) in [7, 11) is 0. The summed E-state index contributed by atoms with van der Waals surface area (Å²) in [6.45, 7) is 0.402. The van der Waals surface area contributed by atoms with E-state index in [9.17, 15) is 0 Å². The van der Waals surface area contributed by atoms with E-state index in [-0.39, 0.29) is 5.95 Å². The largest absolute Gasteiger partial charge is 0.471 e. The van der Waals surface area contributed by atoms with E-state index in [0.29, 0.717) is 30.1 Å². The Morgan fingerprint density at radius 2 is 1.52 bits per heavy atom. The molecule has 0 amide bonds. The summed E-state index contributed by atoms with van der Waals surface area (Å²) >= 11 is 0. The Morgan fingerprint density at radius 3 is 2.24 bits per heavy atom. The number of imidazole rings is 1. The molecule has 2 aromatic heterocycles. The van der Waals surface area contributed by atoms with Gasteiger partial charge in [-0.15, -0.1) is 0 Å². The molecule has 6 nitrogen and oxygen atoms in total. The Bertz CT molecular complexity index is 983. The fourth-order valence-electron chi connectivity index (χ4n) is 2.64. The maximum absolute atomic E-state index is 5.85. The molecule has 2 aromatic carbocycles. The van der Waals surface area contributed by atoms with Crippen LogP contribution in [0.5, 0.6) is 5.88 Å². The van der Waals surface area contributed by atoms with E-state index >= 15 is 0 Å². The molecule has 0 aliphatic carbocycles. The first kappa shape index (κ1) is 15.1. The molecule has 25 heavy (non-hydrogen) atoms. The number of benzene rings is 2. The minimum absolute atomic E-state index is 0.147. The van der Waals surface area contributed by atoms with E-state index in [2.05, 4.69) is 32.1 Å². The number of hydrogen-bond acceptors (Lipinski definition) is 5. The van der Waals surface area contributed by atoms with Crippen LogP contribution in [0.4, 0.5) is 5.95 Å². The third kappa shape index (κ3) is 3.42. The standard InChI is InChI=1S/C19H17N5O/c20-19-23-17-16(18(24-19)25-12-14-9-5-2-6-10-14)21-15(22-17)11-13-7-3-1-4-8-13/h1-10H,11-12H2,(H3,20,21,22,23,24). The van der Waals surface area contributed by atoms with Crippen LogP contribution >= 0.6 is 0 Å². The number of aromatic nitrogens is 4. The van der Waals surface area contributed by atoms with Gasteiger partial charge in [0.25, 0.3) is 0 Å². The summed E-state index contributed by atoms with van der Waals surface area (Å²) in [5.74, 6) is 1.36. The number of hydrogen-bond donors (Lipinski definition) is 2. The van der Waals surface area contributed by atoms with E-state index in [1.807, 2.05) is 48.5 Å². The van der Waals surface area contributed by atoms with Gasteiger partial charge in [0.05, 0.1) is 0 Å². The van der Waals surface area contributed by atoms with Crippen molar-refractivity contribution >= 4 is 17.1 Å². The molecule has 4 rings (SSSR count). The van der Waals surface area contributed by atoms with Gasteiger partial charge in [0.15, 0.2) is 5.65 Å². The topological polar surface area (TPSA) is 89.7 Å². The predicted octanol–water partition coefficient (Wildman–Crippen LogP) is 3.10. The molecule has 4 aromatic rings. The minimum Gasteiger partial charge on any atom is -0.471 e. The molecule has 0 saturated heterocycles. The number of fused-ring (bicyclic) bond motifs is 1. The first-order valence-corrected chi connectivity index (χ1v) is 8.01. The number of nitrogen functional groups attached to an aromatic ring is 1. The van der Waals surface area contributed by atoms with Crippen molar-refractivity contribution in [3.63, 3.8) is 0 Å². The molecule has 0 fully saturated rings. The molecule has 0 bridgehead atoms. The summed E-state index contributed by atoms with van der Waals surface area (Å²) in [4.78, 5) is 16.2. The average molecular weight is 331 g/mol. The number of nitrogens with one attached hydrogen (secondary N) is 1. The number of nitrogens with two attached hydrogens (primary N) is 1. The molecule has 124 valence electrons. The highest BCUT2D eigenvalue weighted by Gasteiger charge is 2.13. The molecule has 6 heteroatoms. The van der Waals surface area contributed by atoms with Crippen LogP contribution in [0.1, 0.15) is 17.0 Å². The number of aromatic amines is 1. The fourth-order valence-corrected chi connectivity index (χ4v) is 2.64.